The van der Waals surface area contributed by atoms with Gasteiger partial charge in [0, 0.05) is 11.6 Å². The van der Waals surface area contributed by atoms with Crippen LogP contribution in [-0.4, -0.2) is 29.6 Å². The van der Waals surface area contributed by atoms with Crippen molar-refractivity contribution in [1.82, 2.24) is 4.90 Å². The molecule has 0 bridgehead atoms. The molecule has 2 N–H and O–H groups in total. The van der Waals surface area contributed by atoms with Crippen LogP contribution < -0.4 is 5.73 Å². The Kier molecular flexibility index (Phi) is 9.59. The molecule has 1 saturated heterocycles. The number of nitrogens with two attached hydrogens (primary N) is 1. The summed E-state index contributed by atoms with van der Waals surface area (Å²) in [5.74, 6) is 0. The lowest BCUT2D eigenvalue weighted by molar-refractivity contribution is 0.0938. The van der Waals surface area contributed by atoms with Crippen LogP contribution in [0.4, 0.5) is 0 Å². The maximum atomic E-state index is 6.55. The predicted molar refractivity (Wildman–Crippen MR) is 94.7 cm³/mol. The zero-order valence-electron chi connectivity index (χ0n) is 15.0. The molecule has 0 saturated carbocycles. The molecule has 0 aromatic carbocycles. The normalized spacial score (nSPS) is 19.4. The van der Waals surface area contributed by atoms with Crippen LogP contribution in [0.15, 0.2) is 0 Å². The summed E-state index contributed by atoms with van der Waals surface area (Å²) in [6.45, 7) is 9.51. The van der Waals surface area contributed by atoms with E-state index in [0.29, 0.717) is 6.04 Å². The van der Waals surface area contributed by atoms with Gasteiger partial charge in [-0.05, 0) is 46.2 Å². The summed E-state index contributed by atoms with van der Waals surface area (Å²) in [4.78, 5) is 2.66. The maximum absolute atomic E-state index is 6.55. The third-order valence-corrected chi connectivity index (χ3v) is 5.45. The lowest BCUT2D eigenvalue weighted by atomic mass is 9.88. The number of unbranched alkanes of at least 4 members (excludes halogenated alkanes) is 6. The van der Waals surface area contributed by atoms with E-state index < -0.39 is 0 Å². The van der Waals surface area contributed by atoms with Crippen LogP contribution in [0.25, 0.3) is 0 Å². The Bertz CT molecular complexity index is 242. The van der Waals surface area contributed by atoms with Crippen LogP contribution >= 0.6 is 0 Å². The smallest absolute Gasteiger partial charge is 0.0304 e. The van der Waals surface area contributed by atoms with Crippen LogP contribution in [0.2, 0.25) is 0 Å². The summed E-state index contributed by atoms with van der Waals surface area (Å²) in [7, 11) is 0. The van der Waals surface area contributed by atoms with E-state index in [1.54, 1.807) is 0 Å². The standard InChI is InChI=1S/C19H40N2/c1-4-5-6-7-8-9-12-15-18(20)19(2,3)21-16-13-10-11-14-17-21/h18H,4-17,20H2,1-3H3. The van der Waals surface area contributed by atoms with Gasteiger partial charge in [-0.1, -0.05) is 64.7 Å². The summed E-state index contributed by atoms with van der Waals surface area (Å²) in [5.41, 5.74) is 6.73. The topological polar surface area (TPSA) is 29.3 Å². The van der Waals surface area contributed by atoms with Crippen molar-refractivity contribution in [1.29, 1.82) is 0 Å². The summed E-state index contributed by atoms with van der Waals surface area (Å²) in [5, 5.41) is 0. The lowest BCUT2D eigenvalue weighted by Crippen LogP contribution is -2.56. The molecule has 1 aliphatic heterocycles. The Morgan fingerprint density at radius 3 is 1.95 bits per heavy atom. The lowest BCUT2D eigenvalue weighted by Gasteiger charge is -2.42. The number of hydrogen-bond acceptors (Lipinski definition) is 2. The number of hydrogen-bond donors (Lipinski definition) is 1. The van der Waals surface area contributed by atoms with Gasteiger partial charge in [-0.2, -0.15) is 0 Å². The molecule has 0 aliphatic carbocycles. The average Bonchev–Trinajstić information content (AvgIpc) is 2.75. The fraction of sp³-hybridized carbons (Fsp3) is 1.00. The first-order valence-corrected chi connectivity index (χ1v) is 9.59. The van der Waals surface area contributed by atoms with Crippen LogP contribution in [-0.2, 0) is 0 Å². The summed E-state index contributed by atoms with van der Waals surface area (Å²) < 4.78 is 0. The van der Waals surface area contributed by atoms with Gasteiger partial charge in [0.1, 0.15) is 0 Å². The van der Waals surface area contributed by atoms with Gasteiger partial charge in [-0.15, -0.1) is 0 Å². The Labute approximate surface area is 133 Å². The van der Waals surface area contributed by atoms with E-state index in [4.69, 9.17) is 5.73 Å². The van der Waals surface area contributed by atoms with E-state index in [0.717, 1.165) is 0 Å². The third kappa shape index (κ3) is 7.15. The Hall–Kier alpha value is -0.0800. The molecule has 1 fully saturated rings. The maximum Gasteiger partial charge on any atom is 0.0304 e. The van der Waals surface area contributed by atoms with Crippen LogP contribution in [0, 0.1) is 0 Å². The Morgan fingerprint density at radius 2 is 1.38 bits per heavy atom. The van der Waals surface area contributed by atoms with E-state index in [9.17, 15) is 0 Å². The first-order valence-electron chi connectivity index (χ1n) is 9.59. The highest BCUT2D eigenvalue weighted by atomic mass is 15.2. The molecule has 0 aromatic rings. The fourth-order valence-corrected chi connectivity index (χ4v) is 3.56. The molecular formula is C19H40N2. The number of nitrogens with zero attached hydrogens (tertiary/aromatic N) is 1. The van der Waals surface area contributed by atoms with Crippen molar-refractivity contribution < 1.29 is 0 Å². The first-order chi connectivity index (χ1) is 10.1. The van der Waals surface area contributed by atoms with Crippen molar-refractivity contribution in [2.45, 2.75) is 109 Å². The summed E-state index contributed by atoms with van der Waals surface area (Å²) in [6.07, 6.45) is 16.4. The monoisotopic (exact) mass is 296 g/mol. The van der Waals surface area contributed by atoms with Gasteiger partial charge in [-0.25, -0.2) is 0 Å². The largest absolute Gasteiger partial charge is 0.326 e. The minimum atomic E-state index is 0.173. The molecule has 0 aromatic heterocycles. The van der Waals surface area contributed by atoms with Gasteiger partial charge in [0.25, 0.3) is 0 Å². The average molecular weight is 297 g/mol. The molecule has 126 valence electrons. The Balaban J connectivity index is 2.20. The molecule has 0 spiro atoms. The van der Waals surface area contributed by atoms with Crippen molar-refractivity contribution in [2.75, 3.05) is 13.1 Å². The minimum Gasteiger partial charge on any atom is -0.326 e. The van der Waals surface area contributed by atoms with Gasteiger partial charge in [0.05, 0.1) is 0 Å². The van der Waals surface area contributed by atoms with Crippen molar-refractivity contribution >= 4 is 0 Å². The highest BCUT2D eigenvalue weighted by molar-refractivity contribution is 4.92. The minimum absolute atomic E-state index is 0.173. The number of rotatable bonds is 10. The van der Waals surface area contributed by atoms with E-state index in [1.807, 2.05) is 0 Å². The van der Waals surface area contributed by atoms with Gasteiger partial charge >= 0.3 is 0 Å². The third-order valence-electron chi connectivity index (χ3n) is 5.45. The molecule has 0 amide bonds. The highest BCUT2D eigenvalue weighted by Gasteiger charge is 2.32. The molecule has 1 atom stereocenters. The first kappa shape index (κ1) is 19.0. The zero-order chi connectivity index (χ0) is 15.6. The number of likely N-dealkylation sites (tertiary alicyclic amines) is 1. The van der Waals surface area contributed by atoms with Crippen LogP contribution in [0.3, 0.4) is 0 Å². The van der Waals surface area contributed by atoms with E-state index >= 15 is 0 Å². The van der Waals surface area contributed by atoms with Gasteiger partial charge < -0.3 is 5.73 Å². The van der Waals surface area contributed by atoms with Crippen molar-refractivity contribution in [3.05, 3.63) is 0 Å². The quantitative estimate of drug-likeness (QED) is 0.568. The molecule has 21 heavy (non-hydrogen) atoms. The molecule has 1 aliphatic rings. The summed E-state index contributed by atoms with van der Waals surface area (Å²) in [6, 6.07) is 0.325. The van der Waals surface area contributed by atoms with Gasteiger partial charge in [-0.3, -0.25) is 4.90 Å². The zero-order valence-corrected chi connectivity index (χ0v) is 15.0. The second-order valence-corrected chi connectivity index (χ2v) is 7.57. The van der Waals surface area contributed by atoms with Crippen LogP contribution in [0.5, 0.6) is 0 Å². The van der Waals surface area contributed by atoms with Gasteiger partial charge in [0.2, 0.25) is 0 Å². The van der Waals surface area contributed by atoms with Crippen molar-refractivity contribution in [3.8, 4) is 0 Å². The van der Waals surface area contributed by atoms with Crippen LogP contribution in [0.1, 0.15) is 97.8 Å². The molecule has 2 nitrogen and oxygen atoms in total. The fourth-order valence-electron chi connectivity index (χ4n) is 3.56. The molecular weight excluding hydrogens is 256 g/mol. The SMILES string of the molecule is CCCCCCCCCC(N)C(C)(C)N1CCCCCC1. The molecule has 1 heterocycles. The molecule has 1 rings (SSSR count). The van der Waals surface area contributed by atoms with Crippen molar-refractivity contribution in [3.63, 3.8) is 0 Å². The second-order valence-electron chi connectivity index (χ2n) is 7.57. The molecule has 2 heteroatoms. The van der Waals surface area contributed by atoms with E-state index in [1.165, 1.54) is 90.1 Å². The molecule has 0 radical (unpaired) electrons. The summed E-state index contributed by atoms with van der Waals surface area (Å²) >= 11 is 0. The van der Waals surface area contributed by atoms with E-state index in [2.05, 4.69) is 25.7 Å². The molecule has 1 unspecified atom stereocenters. The Morgan fingerprint density at radius 1 is 0.857 bits per heavy atom. The second kappa shape index (κ2) is 10.6. The highest BCUT2D eigenvalue weighted by Crippen LogP contribution is 2.25. The van der Waals surface area contributed by atoms with Gasteiger partial charge in [0.15, 0.2) is 0 Å². The predicted octanol–water partition coefficient (Wildman–Crippen LogP) is 5.11. The van der Waals surface area contributed by atoms with Crippen molar-refractivity contribution in [2.24, 2.45) is 5.73 Å². The van der Waals surface area contributed by atoms with E-state index in [-0.39, 0.29) is 5.54 Å².